The van der Waals surface area contributed by atoms with Gasteiger partial charge in [0, 0.05) is 19.6 Å². The molecule has 0 aromatic carbocycles. The number of aliphatic imine (C=N–C) groups is 1. The van der Waals surface area contributed by atoms with Crippen LogP contribution in [-0.4, -0.2) is 30.5 Å². The first-order valence-electron chi connectivity index (χ1n) is 7.31. The van der Waals surface area contributed by atoms with E-state index in [0.717, 1.165) is 25.6 Å². The van der Waals surface area contributed by atoms with Crippen LogP contribution in [0.5, 0.6) is 0 Å². The molecule has 1 saturated heterocycles. The van der Waals surface area contributed by atoms with Gasteiger partial charge in [-0.2, -0.15) is 0 Å². The summed E-state index contributed by atoms with van der Waals surface area (Å²) < 4.78 is 0. The molecule has 2 rings (SSSR count). The molecule has 2 aliphatic rings. The topological polar surface area (TPSA) is 41.6 Å². The van der Waals surface area contributed by atoms with E-state index in [0.29, 0.717) is 5.41 Å². The maximum Gasteiger partial charge on any atom is 0.191 e. The zero-order valence-electron chi connectivity index (χ0n) is 11.7. The number of hydrogen-bond donors (Lipinski definition) is 1. The maximum absolute atomic E-state index is 6.12. The predicted molar refractivity (Wildman–Crippen MR) is 88.5 cm³/mol. The van der Waals surface area contributed by atoms with Crippen LogP contribution < -0.4 is 5.73 Å². The molecule has 4 heteroatoms. The summed E-state index contributed by atoms with van der Waals surface area (Å²) in [5, 5.41) is 0. The van der Waals surface area contributed by atoms with Gasteiger partial charge >= 0.3 is 0 Å². The number of nitrogens with two attached hydrogens (primary N) is 1. The molecule has 0 aromatic heterocycles. The minimum atomic E-state index is 0. The minimum absolute atomic E-state index is 0. The van der Waals surface area contributed by atoms with Crippen LogP contribution in [0.25, 0.3) is 0 Å². The second kappa shape index (κ2) is 7.56. The monoisotopic (exact) mass is 365 g/mol. The molecule has 18 heavy (non-hydrogen) atoms. The van der Waals surface area contributed by atoms with E-state index >= 15 is 0 Å². The summed E-state index contributed by atoms with van der Waals surface area (Å²) in [4.78, 5) is 6.95. The molecule has 1 saturated carbocycles. The molecule has 2 fully saturated rings. The maximum atomic E-state index is 6.12. The van der Waals surface area contributed by atoms with Gasteiger partial charge in [0.1, 0.15) is 0 Å². The van der Waals surface area contributed by atoms with Crippen molar-refractivity contribution in [3.8, 4) is 0 Å². The van der Waals surface area contributed by atoms with Crippen LogP contribution >= 0.6 is 24.0 Å². The molecule has 0 amide bonds. The van der Waals surface area contributed by atoms with Gasteiger partial charge in [0.15, 0.2) is 5.96 Å². The highest BCUT2D eigenvalue weighted by Crippen LogP contribution is 2.49. The Labute approximate surface area is 129 Å². The third-order valence-corrected chi connectivity index (χ3v) is 4.24. The van der Waals surface area contributed by atoms with E-state index in [1.807, 2.05) is 0 Å². The van der Waals surface area contributed by atoms with Gasteiger partial charge in [-0.3, -0.25) is 4.99 Å². The summed E-state index contributed by atoms with van der Waals surface area (Å²) in [6, 6.07) is 0. The quantitative estimate of drug-likeness (QED) is 0.472. The molecule has 0 radical (unpaired) electrons. The molecule has 0 unspecified atom stereocenters. The zero-order valence-corrected chi connectivity index (χ0v) is 14.0. The van der Waals surface area contributed by atoms with E-state index in [1.54, 1.807) is 0 Å². The standard InChI is InChI=1S/C14H27N3.HI/c1-2-7-14(8-9-14)12-16-13(15)17-10-5-3-4-6-11-17;/h2-12H2,1H3,(H2,15,16);1H. The van der Waals surface area contributed by atoms with Gasteiger partial charge in [-0.15, -0.1) is 24.0 Å². The number of guanidine groups is 1. The van der Waals surface area contributed by atoms with E-state index in [2.05, 4.69) is 16.8 Å². The highest BCUT2D eigenvalue weighted by molar-refractivity contribution is 14.0. The average Bonchev–Trinajstić information content (AvgIpc) is 3.10. The zero-order chi connectivity index (χ0) is 12.1. The first kappa shape index (κ1) is 16.1. The fourth-order valence-corrected chi connectivity index (χ4v) is 2.84. The van der Waals surface area contributed by atoms with Crippen molar-refractivity contribution in [2.75, 3.05) is 19.6 Å². The van der Waals surface area contributed by atoms with Crippen LogP contribution in [0.4, 0.5) is 0 Å². The molecule has 1 aliphatic carbocycles. The molecule has 1 aliphatic heterocycles. The Balaban J connectivity index is 0.00000162. The number of rotatable bonds is 4. The lowest BCUT2D eigenvalue weighted by Gasteiger charge is -2.22. The third kappa shape index (κ3) is 4.59. The van der Waals surface area contributed by atoms with Crippen molar-refractivity contribution >= 4 is 29.9 Å². The van der Waals surface area contributed by atoms with Crippen LogP contribution in [0.3, 0.4) is 0 Å². The average molecular weight is 365 g/mol. The summed E-state index contributed by atoms with van der Waals surface area (Å²) in [6.45, 7) is 5.44. The Bertz CT molecular complexity index is 266. The van der Waals surface area contributed by atoms with Gasteiger partial charge in [-0.25, -0.2) is 0 Å². The number of likely N-dealkylation sites (tertiary alicyclic amines) is 1. The fraction of sp³-hybridized carbons (Fsp3) is 0.929. The van der Waals surface area contributed by atoms with Crippen molar-refractivity contribution < 1.29 is 0 Å². The smallest absolute Gasteiger partial charge is 0.191 e. The highest BCUT2D eigenvalue weighted by Gasteiger charge is 2.41. The van der Waals surface area contributed by atoms with Crippen molar-refractivity contribution in [1.82, 2.24) is 4.90 Å². The summed E-state index contributed by atoms with van der Waals surface area (Å²) in [7, 11) is 0. The van der Waals surface area contributed by atoms with E-state index in [-0.39, 0.29) is 24.0 Å². The predicted octanol–water partition coefficient (Wildman–Crippen LogP) is 3.38. The van der Waals surface area contributed by atoms with Crippen LogP contribution in [0.15, 0.2) is 4.99 Å². The Hall–Kier alpha value is 0. The van der Waals surface area contributed by atoms with E-state index in [1.165, 1.54) is 51.4 Å². The Kier molecular flexibility index (Phi) is 6.74. The van der Waals surface area contributed by atoms with Gasteiger partial charge < -0.3 is 10.6 Å². The first-order valence-corrected chi connectivity index (χ1v) is 7.31. The van der Waals surface area contributed by atoms with Crippen LogP contribution in [-0.2, 0) is 0 Å². The second-order valence-electron chi connectivity index (χ2n) is 5.83. The summed E-state index contributed by atoms with van der Waals surface area (Å²) in [6.07, 6.45) is 10.6. The molecular weight excluding hydrogens is 337 g/mol. The normalized spacial score (nSPS) is 23.2. The third-order valence-electron chi connectivity index (χ3n) is 4.24. The SMILES string of the molecule is CCCC1(CN=C(N)N2CCCCCC2)CC1.I. The lowest BCUT2D eigenvalue weighted by Crippen LogP contribution is -2.38. The molecule has 0 aromatic rings. The largest absolute Gasteiger partial charge is 0.370 e. The van der Waals surface area contributed by atoms with Crippen LogP contribution in [0.2, 0.25) is 0 Å². The van der Waals surface area contributed by atoms with Crippen molar-refractivity contribution in [1.29, 1.82) is 0 Å². The second-order valence-corrected chi connectivity index (χ2v) is 5.83. The van der Waals surface area contributed by atoms with Gasteiger partial charge in [0.05, 0.1) is 0 Å². The Morgan fingerprint density at radius 2 is 1.78 bits per heavy atom. The molecule has 106 valence electrons. The Morgan fingerprint density at radius 1 is 1.17 bits per heavy atom. The molecule has 3 nitrogen and oxygen atoms in total. The molecule has 0 bridgehead atoms. The lowest BCUT2D eigenvalue weighted by molar-refractivity contribution is 0.419. The summed E-state index contributed by atoms with van der Waals surface area (Å²) in [5.41, 5.74) is 6.66. The number of hydrogen-bond acceptors (Lipinski definition) is 1. The summed E-state index contributed by atoms with van der Waals surface area (Å²) in [5.74, 6) is 0.800. The van der Waals surface area contributed by atoms with Gasteiger partial charge in [-0.1, -0.05) is 26.2 Å². The minimum Gasteiger partial charge on any atom is -0.370 e. The van der Waals surface area contributed by atoms with Crippen molar-refractivity contribution in [2.45, 2.75) is 58.3 Å². The molecule has 1 heterocycles. The Morgan fingerprint density at radius 3 is 2.28 bits per heavy atom. The number of halogens is 1. The van der Waals surface area contributed by atoms with Crippen LogP contribution in [0.1, 0.15) is 58.3 Å². The van der Waals surface area contributed by atoms with Gasteiger partial charge in [0.25, 0.3) is 0 Å². The van der Waals surface area contributed by atoms with E-state index < -0.39 is 0 Å². The highest BCUT2D eigenvalue weighted by atomic mass is 127. The van der Waals surface area contributed by atoms with E-state index in [4.69, 9.17) is 5.73 Å². The van der Waals surface area contributed by atoms with Crippen LogP contribution in [0, 0.1) is 5.41 Å². The molecule has 2 N–H and O–H groups in total. The van der Waals surface area contributed by atoms with Crippen molar-refractivity contribution in [3.05, 3.63) is 0 Å². The molecule has 0 spiro atoms. The molecular formula is C14H28IN3. The van der Waals surface area contributed by atoms with E-state index in [9.17, 15) is 0 Å². The van der Waals surface area contributed by atoms with Gasteiger partial charge in [-0.05, 0) is 37.5 Å². The van der Waals surface area contributed by atoms with Crippen molar-refractivity contribution in [2.24, 2.45) is 16.1 Å². The lowest BCUT2D eigenvalue weighted by atomic mass is 10.0. The van der Waals surface area contributed by atoms with Gasteiger partial charge in [0.2, 0.25) is 0 Å². The first-order chi connectivity index (χ1) is 8.26. The molecule has 0 atom stereocenters. The fourth-order valence-electron chi connectivity index (χ4n) is 2.84. The summed E-state index contributed by atoms with van der Waals surface area (Å²) >= 11 is 0. The van der Waals surface area contributed by atoms with Crippen molar-refractivity contribution in [3.63, 3.8) is 0 Å². The number of nitrogens with zero attached hydrogens (tertiary/aromatic N) is 2.